The number of thioether (sulfide) groups is 1. The van der Waals surface area contributed by atoms with Gasteiger partial charge in [-0.3, -0.25) is 4.79 Å². The molecule has 0 bridgehead atoms. The maximum atomic E-state index is 11.8. The van der Waals surface area contributed by atoms with Crippen LogP contribution in [0.2, 0.25) is 0 Å². The molecule has 0 saturated carbocycles. The predicted octanol–water partition coefficient (Wildman–Crippen LogP) is 3.14. The number of Topliss-reactive ketones (excluding diaryl/α,β-unsaturated/α-hetero) is 1. The molecule has 1 rings (SSSR count). The molecule has 0 fully saturated rings. The van der Waals surface area contributed by atoms with E-state index in [9.17, 15) is 4.79 Å². The van der Waals surface area contributed by atoms with Crippen LogP contribution in [0.3, 0.4) is 0 Å². The summed E-state index contributed by atoms with van der Waals surface area (Å²) in [4.78, 5) is 12.8. The van der Waals surface area contributed by atoms with Crippen LogP contribution in [0.1, 0.15) is 18.1 Å². The van der Waals surface area contributed by atoms with Crippen molar-refractivity contribution < 1.29 is 4.79 Å². The van der Waals surface area contributed by atoms with E-state index in [1.54, 1.807) is 0 Å². The van der Waals surface area contributed by atoms with Crippen LogP contribution in [0, 0.1) is 36.5 Å². The number of benzene rings is 1. The Hall–Kier alpha value is -1.60. The second-order valence-corrected chi connectivity index (χ2v) is 5.29. The van der Waals surface area contributed by atoms with Crippen molar-refractivity contribution in [2.24, 2.45) is 5.92 Å². The Kier molecular flexibility index (Phi) is 5.11. The minimum atomic E-state index is -0.900. The van der Waals surface area contributed by atoms with E-state index in [1.165, 1.54) is 24.2 Å². The number of rotatable bonds is 5. The summed E-state index contributed by atoms with van der Waals surface area (Å²) in [5, 5.41) is 16.2. The van der Waals surface area contributed by atoms with Crippen molar-refractivity contribution in [3.05, 3.63) is 29.3 Å². The number of nitrogens with zero attached hydrogens (tertiary/aromatic N) is 1. The summed E-state index contributed by atoms with van der Waals surface area (Å²) in [6, 6.07) is 7.93. The van der Waals surface area contributed by atoms with Crippen molar-refractivity contribution >= 4 is 23.3 Å². The topological polar surface area (TPSA) is 64.7 Å². The molecule has 1 N–H and O–H groups in total. The minimum absolute atomic E-state index is 0.115. The molecule has 0 aliphatic heterocycles. The number of nitriles is 1. The zero-order valence-electron chi connectivity index (χ0n) is 10.8. The van der Waals surface area contributed by atoms with E-state index in [2.05, 4.69) is 6.07 Å². The number of hydrogen-bond acceptors (Lipinski definition) is 4. The second kappa shape index (κ2) is 6.36. The highest BCUT2D eigenvalue weighted by Gasteiger charge is 2.20. The normalized spacial score (nSPS) is 11.7. The van der Waals surface area contributed by atoms with Crippen LogP contribution in [-0.4, -0.2) is 17.2 Å². The Bertz CT molecular complexity index is 517. The molecule has 1 aromatic rings. The average molecular weight is 260 g/mol. The Morgan fingerprint density at radius 1 is 1.50 bits per heavy atom. The molecule has 0 radical (unpaired) electrons. The van der Waals surface area contributed by atoms with Gasteiger partial charge in [0.1, 0.15) is 5.92 Å². The van der Waals surface area contributed by atoms with Gasteiger partial charge in [0.05, 0.1) is 11.8 Å². The van der Waals surface area contributed by atoms with Crippen LogP contribution in [0.4, 0.5) is 0 Å². The van der Waals surface area contributed by atoms with Gasteiger partial charge in [0.2, 0.25) is 0 Å². The van der Waals surface area contributed by atoms with Crippen LogP contribution in [0.25, 0.3) is 0 Å². The first kappa shape index (κ1) is 14.5. The number of carbonyl (C=O) groups is 1. The smallest absolute Gasteiger partial charge is 0.165 e. The third-order valence-corrected chi connectivity index (χ3v) is 3.78. The van der Waals surface area contributed by atoms with E-state index >= 15 is 0 Å². The quantitative estimate of drug-likeness (QED) is 0.653. The van der Waals surface area contributed by atoms with Crippen LogP contribution >= 0.6 is 11.8 Å². The van der Waals surface area contributed by atoms with Crippen molar-refractivity contribution in [2.75, 3.05) is 5.75 Å². The fraction of sp³-hybridized carbons (Fsp3) is 0.357. The zero-order chi connectivity index (χ0) is 13.7. The summed E-state index contributed by atoms with van der Waals surface area (Å²) in [7, 11) is 0. The molecule has 1 atom stereocenters. The van der Waals surface area contributed by atoms with Gasteiger partial charge in [-0.15, -0.1) is 11.8 Å². The van der Waals surface area contributed by atoms with Gasteiger partial charge in [-0.2, -0.15) is 5.26 Å². The lowest BCUT2D eigenvalue weighted by Gasteiger charge is -2.08. The highest BCUT2D eigenvalue weighted by Crippen LogP contribution is 2.24. The first-order chi connectivity index (χ1) is 8.45. The summed E-state index contributed by atoms with van der Waals surface area (Å²) < 4.78 is 0. The molecular weight excluding hydrogens is 244 g/mol. The summed E-state index contributed by atoms with van der Waals surface area (Å²) in [6.45, 7) is 5.52. The van der Waals surface area contributed by atoms with Crippen molar-refractivity contribution in [2.45, 2.75) is 25.7 Å². The van der Waals surface area contributed by atoms with Gasteiger partial charge < -0.3 is 5.41 Å². The van der Waals surface area contributed by atoms with Gasteiger partial charge in [0.15, 0.2) is 5.78 Å². The van der Waals surface area contributed by atoms with E-state index in [4.69, 9.17) is 10.7 Å². The molecule has 0 spiro atoms. The molecule has 0 amide bonds. The number of nitrogens with one attached hydrogen (secondary N) is 1. The van der Waals surface area contributed by atoms with E-state index in [1.807, 2.05) is 32.0 Å². The van der Waals surface area contributed by atoms with E-state index < -0.39 is 5.92 Å². The van der Waals surface area contributed by atoms with Gasteiger partial charge in [0.25, 0.3) is 0 Å². The van der Waals surface area contributed by atoms with Gasteiger partial charge in [-0.1, -0.05) is 17.7 Å². The predicted molar refractivity (Wildman–Crippen MR) is 74.2 cm³/mol. The molecule has 0 aliphatic carbocycles. The fourth-order valence-electron chi connectivity index (χ4n) is 1.60. The third kappa shape index (κ3) is 3.71. The molecule has 0 aliphatic rings. The van der Waals surface area contributed by atoms with E-state index in [0.717, 1.165) is 10.5 Å². The minimum Gasteiger partial charge on any atom is -0.308 e. The SMILES string of the molecule is CC(=N)[C@H](C#N)C(=O)CSc1ccc(C)cc1C. The monoisotopic (exact) mass is 260 g/mol. The Labute approximate surface area is 112 Å². The Morgan fingerprint density at radius 3 is 2.67 bits per heavy atom. The van der Waals surface area contributed by atoms with Gasteiger partial charge >= 0.3 is 0 Å². The van der Waals surface area contributed by atoms with E-state index in [-0.39, 0.29) is 17.2 Å². The molecule has 0 aromatic heterocycles. The molecule has 4 heteroatoms. The fourth-order valence-corrected chi connectivity index (χ4v) is 2.52. The van der Waals surface area contributed by atoms with Gasteiger partial charge in [0, 0.05) is 10.6 Å². The highest BCUT2D eigenvalue weighted by molar-refractivity contribution is 8.00. The van der Waals surface area contributed by atoms with Crippen molar-refractivity contribution in [3.63, 3.8) is 0 Å². The lowest BCUT2D eigenvalue weighted by Crippen LogP contribution is -2.21. The summed E-state index contributed by atoms with van der Waals surface area (Å²) in [5.74, 6) is -0.864. The lowest BCUT2D eigenvalue weighted by atomic mass is 10.0. The van der Waals surface area contributed by atoms with Gasteiger partial charge in [-0.05, 0) is 32.4 Å². The van der Waals surface area contributed by atoms with E-state index in [0.29, 0.717) is 0 Å². The molecule has 1 aromatic carbocycles. The third-order valence-electron chi connectivity index (χ3n) is 2.58. The van der Waals surface area contributed by atoms with Crippen LogP contribution < -0.4 is 0 Å². The molecule has 94 valence electrons. The lowest BCUT2D eigenvalue weighted by molar-refractivity contribution is -0.117. The zero-order valence-corrected chi connectivity index (χ0v) is 11.6. The number of carbonyl (C=O) groups excluding carboxylic acids is 1. The molecule has 0 heterocycles. The van der Waals surface area contributed by atoms with Crippen LogP contribution in [0.15, 0.2) is 23.1 Å². The largest absolute Gasteiger partial charge is 0.308 e. The Balaban J connectivity index is 2.68. The molecule has 0 saturated heterocycles. The van der Waals surface area contributed by atoms with Crippen LogP contribution in [-0.2, 0) is 4.79 Å². The molecular formula is C14H16N2OS. The number of hydrogen-bond donors (Lipinski definition) is 1. The number of ketones is 1. The van der Waals surface area contributed by atoms with Crippen LogP contribution in [0.5, 0.6) is 0 Å². The maximum absolute atomic E-state index is 11.8. The second-order valence-electron chi connectivity index (χ2n) is 4.27. The average Bonchev–Trinajstić information content (AvgIpc) is 2.28. The van der Waals surface area contributed by atoms with Crippen molar-refractivity contribution in [3.8, 4) is 6.07 Å². The maximum Gasteiger partial charge on any atom is 0.165 e. The first-order valence-electron chi connectivity index (χ1n) is 5.63. The standard InChI is InChI=1S/C14H16N2OS/c1-9-4-5-14(10(2)6-9)18-8-13(17)12(7-15)11(3)16/h4-6,12,16H,8H2,1-3H3/t12-/m0/s1. The first-order valence-corrected chi connectivity index (χ1v) is 6.61. The summed E-state index contributed by atoms with van der Waals surface area (Å²) in [5.41, 5.74) is 2.44. The Morgan fingerprint density at radius 2 is 2.17 bits per heavy atom. The summed E-state index contributed by atoms with van der Waals surface area (Å²) >= 11 is 1.43. The van der Waals surface area contributed by atoms with Gasteiger partial charge in [-0.25, -0.2) is 0 Å². The molecule has 18 heavy (non-hydrogen) atoms. The molecule has 0 unspecified atom stereocenters. The molecule has 3 nitrogen and oxygen atoms in total. The van der Waals surface area contributed by atoms with Crippen molar-refractivity contribution in [1.29, 1.82) is 10.7 Å². The number of aryl methyl sites for hydroxylation is 2. The highest BCUT2D eigenvalue weighted by atomic mass is 32.2. The summed E-state index contributed by atoms with van der Waals surface area (Å²) in [6.07, 6.45) is 0. The van der Waals surface area contributed by atoms with Crippen molar-refractivity contribution in [1.82, 2.24) is 0 Å².